The summed E-state index contributed by atoms with van der Waals surface area (Å²) < 4.78 is 27.3. The molecule has 0 bridgehead atoms. The first-order valence-electron chi connectivity index (χ1n) is 7.68. The SMILES string of the molecule is C=C1C(OCCO)=COc2c1c(Nc1ccc(I)cc1F)cc(=O)n2C. The summed E-state index contributed by atoms with van der Waals surface area (Å²) in [7, 11) is 1.57. The standard InChI is InChI=1S/C18H16FIN2O4/c1-10-15(25-6-5-23)9-26-18-17(10)14(8-16(24)22(18)2)21-13-4-3-11(20)7-12(13)19/h3-4,7-9,21,23H,1,5-6H2,2H3. The van der Waals surface area contributed by atoms with E-state index in [-0.39, 0.29) is 30.3 Å². The molecule has 0 atom stereocenters. The van der Waals surface area contributed by atoms with E-state index in [9.17, 15) is 9.18 Å². The Morgan fingerprint density at radius 1 is 1.38 bits per heavy atom. The number of halogens is 2. The number of hydrogen-bond donors (Lipinski definition) is 2. The van der Waals surface area contributed by atoms with Crippen molar-refractivity contribution < 1.29 is 19.0 Å². The van der Waals surface area contributed by atoms with E-state index < -0.39 is 5.82 Å². The van der Waals surface area contributed by atoms with Gasteiger partial charge in [-0.05, 0) is 40.8 Å². The van der Waals surface area contributed by atoms with Crippen molar-refractivity contribution in [3.8, 4) is 5.88 Å². The van der Waals surface area contributed by atoms with Gasteiger partial charge in [-0.15, -0.1) is 0 Å². The normalized spacial score (nSPS) is 12.9. The fraction of sp³-hybridized carbons (Fsp3) is 0.167. The van der Waals surface area contributed by atoms with Crippen LogP contribution in [0.25, 0.3) is 5.57 Å². The zero-order chi connectivity index (χ0) is 18.8. The van der Waals surface area contributed by atoms with E-state index in [0.29, 0.717) is 22.6 Å². The fourth-order valence-electron chi connectivity index (χ4n) is 2.52. The van der Waals surface area contributed by atoms with Gasteiger partial charge in [0.05, 0.1) is 23.5 Å². The minimum Gasteiger partial charge on any atom is -0.487 e. The number of fused-ring (bicyclic) bond motifs is 1. The van der Waals surface area contributed by atoms with E-state index in [0.717, 1.165) is 3.57 Å². The van der Waals surface area contributed by atoms with Gasteiger partial charge in [0.2, 0.25) is 5.88 Å². The molecule has 0 radical (unpaired) electrons. The largest absolute Gasteiger partial charge is 0.487 e. The second kappa shape index (κ2) is 7.50. The quantitative estimate of drug-likeness (QED) is 0.658. The lowest BCUT2D eigenvalue weighted by atomic mass is 10.0. The topological polar surface area (TPSA) is 72.7 Å². The summed E-state index contributed by atoms with van der Waals surface area (Å²) in [6.07, 6.45) is 1.33. The number of pyridine rings is 1. The molecule has 0 saturated heterocycles. The number of hydrogen-bond acceptors (Lipinski definition) is 5. The first-order chi connectivity index (χ1) is 12.4. The van der Waals surface area contributed by atoms with E-state index in [1.807, 2.05) is 22.6 Å². The number of aromatic nitrogens is 1. The Labute approximate surface area is 162 Å². The number of nitrogens with one attached hydrogen (secondary N) is 1. The van der Waals surface area contributed by atoms with Gasteiger partial charge in [-0.1, -0.05) is 6.58 Å². The van der Waals surface area contributed by atoms with Crippen LogP contribution < -0.4 is 15.6 Å². The van der Waals surface area contributed by atoms with Crippen LogP contribution in [0.4, 0.5) is 15.8 Å². The van der Waals surface area contributed by atoms with Crippen molar-refractivity contribution in [2.24, 2.45) is 7.05 Å². The van der Waals surface area contributed by atoms with Gasteiger partial charge >= 0.3 is 0 Å². The lowest BCUT2D eigenvalue weighted by Gasteiger charge is -2.24. The van der Waals surface area contributed by atoms with Gasteiger partial charge in [0.1, 0.15) is 18.7 Å². The van der Waals surface area contributed by atoms with Crippen molar-refractivity contribution >= 4 is 39.5 Å². The number of benzene rings is 1. The molecular weight excluding hydrogens is 454 g/mol. The Kier molecular flexibility index (Phi) is 5.33. The number of anilines is 2. The molecule has 2 heterocycles. The third-order valence-electron chi connectivity index (χ3n) is 3.81. The molecule has 3 rings (SSSR count). The first kappa shape index (κ1) is 18.5. The van der Waals surface area contributed by atoms with E-state index in [1.54, 1.807) is 19.2 Å². The summed E-state index contributed by atoms with van der Waals surface area (Å²) in [5.41, 5.74) is 1.20. The first-order valence-corrected chi connectivity index (χ1v) is 8.76. The average molecular weight is 470 g/mol. The number of nitrogens with zero attached hydrogens (tertiary/aromatic N) is 1. The van der Waals surface area contributed by atoms with Crippen LogP contribution in [0.15, 0.2) is 47.7 Å². The minimum atomic E-state index is -0.444. The molecule has 2 N–H and O–H groups in total. The highest BCUT2D eigenvalue weighted by Gasteiger charge is 2.25. The van der Waals surface area contributed by atoms with Crippen molar-refractivity contribution in [2.45, 2.75) is 0 Å². The zero-order valence-electron chi connectivity index (χ0n) is 13.9. The number of aliphatic hydroxyl groups is 1. The number of allylic oxidation sites excluding steroid dienone is 1. The molecule has 0 saturated carbocycles. The predicted molar refractivity (Wildman–Crippen MR) is 105 cm³/mol. The molecule has 1 aromatic heterocycles. The summed E-state index contributed by atoms with van der Waals surface area (Å²) in [4.78, 5) is 12.2. The van der Waals surface area contributed by atoms with Crippen molar-refractivity contribution in [1.82, 2.24) is 4.57 Å². The van der Waals surface area contributed by atoms with Gasteiger partial charge in [0.25, 0.3) is 5.56 Å². The molecule has 0 fully saturated rings. The van der Waals surface area contributed by atoms with Gasteiger partial charge in [0.15, 0.2) is 5.76 Å². The van der Waals surface area contributed by atoms with Crippen molar-refractivity contribution in [3.63, 3.8) is 0 Å². The smallest absolute Gasteiger partial charge is 0.255 e. The maximum Gasteiger partial charge on any atom is 0.255 e. The van der Waals surface area contributed by atoms with Crippen LogP contribution in [-0.4, -0.2) is 22.9 Å². The van der Waals surface area contributed by atoms with Crippen LogP contribution in [0.3, 0.4) is 0 Å². The zero-order valence-corrected chi connectivity index (χ0v) is 16.0. The lowest BCUT2D eigenvalue weighted by Crippen LogP contribution is -2.22. The van der Waals surface area contributed by atoms with Crippen LogP contribution in [0.5, 0.6) is 5.88 Å². The Morgan fingerprint density at radius 3 is 2.85 bits per heavy atom. The van der Waals surface area contributed by atoms with E-state index in [4.69, 9.17) is 14.6 Å². The molecule has 1 aromatic carbocycles. The van der Waals surface area contributed by atoms with E-state index >= 15 is 0 Å². The molecule has 6 nitrogen and oxygen atoms in total. The van der Waals surface area contributed by atoms with Gasteiger partial charge < -0.3 is 19.9 Å². The minimum absolute atomic E-state index is 0.0732. The number of aliphatic hydroxyl groups excluding tert-OH is 1. The van der Waals surface area contributed by atoms with Crippen molar-refractivity contribution in [2.75, 3.05) is 18.5 Å². The Hall–Kier alpha value is -2.33. The Balaban J connectivity index is 2.07. The fourth-order valence-corrected chi connectivity index (χ4v) is 2.97. The second-order valence-electron chi connectivity index (χ2n) is 5.54. The van der Waals surface area contributed by atoms with Crippen molar-refractivity contribution in [1.29, 1.82) is 0 Å². The Morgan fingerprint density at radius 2 is 2.15 bits per heavy atom. The Bertz CT molecular complexity index is 968. The van der Waals surface area contributed by atoms with Gasteiger partial charge in [-0.3, -0.25) is 9.36 Å². The number of ether oxygens (including phenoxy) is 2. The summed E-state index contributed by atoms with van der Waals surface area (Å²) in [5, 5.41) is 11.9. The summed E-state index contributed by atoms with van der Waals surface area (Å²) >= 11 is 2.02. The molecule has 1 aliphatic rings. The van der Waals surface area contributed by atoms with Gasteiger partial charge in [-0.2, -0.15) is 0 Å². The van der Waals surface area contributed by atoms with Crippen LogP contribution >= 0.6 is 22.6 Å². The van der Waals surface area contributed by atoms with Crippen LogP contribution in [0.2, 0.25) is 0 Å². The maximum absolute atomic E-state index is 14.2. The molecule has 2 aromatic rings. The molecule has 26 heavy (non-hydrogen) atoms. The number of rotatable bonds is 5. The van der Waals surface area contributed by atoms with Gasteiger partial charge in [-0.25, -0.2) is 4.39 Å². The molecule has 0 spiro atoms. The molecule has 0 unspecified atom stereocenters. The monoisotopic (exact) mass is 470 g/mol. The highest BCUT2D eigenvalue weighted by atomic mass is 127. The van der Waals surface area contributed by atoms with Crippen LogP contribution in [-0.2, 0) is 11.8 Å². The molecular formula is C18H16FIN2O4. The molecule has 1 aliphatic heterocycles. The predicted octanol–water partition coefficient (Wildman–Crippen LogP) is 3.13. The highest BCUT2D eigenvalue weighted by molar-refractivity contribution is 14.1. The van der Waals surface area contributed by atoms with Crippen molar-refractivity contribution in [3.05, 3.63) is 68.2 Å². The summed E-state index contributed by atoms with van der Waals surface area (Å²) in [5.74, 6) is 0.157. The highest BCUT2D eigenvalue weighted by Crippen LogP contribution is 2.39. The summed E-state index contributed by atoms with van der Waals surface area (Å²) in [6, 6.07) is 6.07. The van der Waals surface area contributed by atoms with Crippen LogP contribution in [0.1, 0.15) is 5.56 Å². The van der Waals surface area contributed by atoms with Gasteiger partial charge in [0, 0.05) is 22.3 Å². The van der Waals surface area contributed by atoms with Crippen LogP contribution in [0, 0.1) is 9.39 Å². The lowest BCUT2D eigenvalue weighted by molar-refractivity contribution is 0.148. The van der Waals surface area contributed by atoms with E-state index in [1.165, 1.54) is 23.0 Å². The average Bonchev–Trinajstić information content (AvgIpc) is 2.60. The molecule has 0 aliphatic carbocycles. The second-order valence-corrected chi connectivity index (χ2v) is 6.78. The van der Waals surface area contributed by atoms with E-state index in [2.05, 4.69) is 11.9 Å². The molecule has 8 heteroatoms. The third kappa shape index (κ3) is 3.47. The molecule has 0 amide bonds. The molecule has 136 valence electrons. The summed E-state index contributed by atoms with van der Waals surface area (Å²) in [6.45, 7) is 3.90. The maximum atomic E-state index is 14.2. The third-order valence-corrected chi connectivity index (χ3v) is 4.48.